The van der Waals surface area contributed by atoms with E-state index in [1.807, 2.05) is 0 Å². The zero-order valence-corrected chi connectivity index (χ0v) is 22.0. The van der Waals surface area contributed by atoms with Crippen LogP contribution in [0.1, 0.15) is 113 Å². The highest BCUT2D eigenvalue weighted by Gasteiger charge is 2.68. The third-order valence-electron chi connectivity index (χ3n) is 12.6. The number of fused-ring (bicyclic) bond motifs is 5. The summed E-state index contributed by atoms with van der Waals surface area (Å²) in [6.45, 7) is 21.5. The van der Waals surface area contributed by atoms with Crippen molar-refractivity contribution in [2.24, 2.45) is 45.3 Å². The minimum absolute atomic E-state index is 0.0965. The molecule has 4 aliphatic carbocycles. The predicted molar refractivity (Wildman–Crippen MR) is 131 cm³/mol. The van der Waals surface area contributed by atoms with Gasteiger partial charge in [0.2, 0.25) is 0 Å². The molecule has 2 heteroatoms. The van der Waals surface area contributed by atoms with Gasteiger partial charge in [-0.1, -0.05) is 46.8 Å². The van der Waals surface area contributed by atoms with Crippen LogP contribution in [0.3, 0.4) is 0 Å². The third-order valence-corrected chi connectivity index (χ3v) is 12.6. The van der Waals surface area contributed by atoms with E-state index in [0.29, 0.717) is 40.0 Å². The summed E-state index contributed by atoms with van der Waals surface area (Å²) in [5.74, 6) is 3.33. The Kier molecular flexibility index (Phi) is 5.03. The fourth-order valence-corrected chi connectivity index (χ4v) is 10.3. The van der Waals surface area contributed by atoms with Crippen LogP contribution >= 0.6 is 0 Å². The number of hydrogen-bond donors (Lipinski definition) is 0. The predicted octanol–water partition coefficient (Wildman–Crippen LogP) is 7.75. The Morgan fingerprint density at radius 3 is 2.22 bits per heavy atom. The number of ketones is 1. The first-order valence-electron chi connectivity index (χ1n) is 13.7. The van der Waals surface area contributed by atoms with Crippen molar-refractivity contribution >= 4 is 5.78 Å². The topological polar surface area (TPSA) is 29.6 Å². The van der Waals surface area contributed by atoms with Gasteiger partial charge in [0.25, 0.3) is 0 Å². The van der Waals surface area contributed by atoms with E-state index in [1.54, 1.807) is 0 Å². The highest BCUT2D eigenvalue weighted by Crippen LogP contribution is 2.75. The summed E-state index contributed by atoms with van der Waals surface area (Å²) >= 11 is 0. The van der Waals surface area contributed by atoms with Crippen LogP contribution in [0.4, 0.5) is 0 Å². The molecule has 4 saturated carbocycles. The lowest BCUT2D eigenvalue weighted by atomic mass is 9.35. The highest BCUT2D eigenvalue weighted by atomic mass is 16.6. The van der Waals surface area contributed by atoms with Gasteiger partial charge in [-0.25, -0.2) is 0 Å². The molecule has 0 radical (unpaired) electrons. The molecule has 1 heterocycles. The first-order chi connectivity index (χ1) is 14.8. The van der Waals surface area contributed by atoms with E-state index >= 15 is 0 Å². The quantitative estimate of drug-likeness (QED) is 0.330. The number of epoxide rings is 1. The van der Waals surface area contributed by atoms with Gasteiger partial charge in [-0.05, 0) is 112 Å². The van der Waals surface area contributed by atoms with Crippen molar-refractivity contribution in [3.05, 3.63) is 12.2 Å². The maximum Gasteiger partial charge on any atom is 0.138 e. The third kappa shape index (κ3) is 2.96. The van der Waals surface area contributed by atoms with Crippen LogP contribution in [0.25, 0.3) is 0 Å². The smallest absolute Gasteiger partial charge is 0.138 e. The average Bonchev–Trinajstić information content (AvgIpc) is 3.15. The molecule has 0 bridgehead atoms. The molecule has 180 valence electrons. The number of carbonyl (C=O) groups is 1. The van der Waals surface area contributed by atoms with Crippen molar-refractivity contribution < 1.29 is 9.53 Å². The maximum atomic E-state index is 12.9. The zero-order valence-electron chi connectivity index (χ0n) is 22.0. The van der Waals surface area contributed by atoms with Gasteiger partial charge in [0.15, 0.2) is 0 Å². The first-order valence-corrected chi connectivity index (χ1v) is 13.7. The number of hydrogen-bond acceptors (Lipinski definition) is 2. The second-order valence-corrected chi connectivity index (χ2v) is 14.4. The normalized spacial score (nSPS) is 50.8. The Hall–Kier alpha value is -0.630. The lowest BCUT2D eigenvalue weighted by molar-refractivity contribution is -0.201. The molecule has 0 aromatic heterocycles. The standard InChI is InChI=1S/C30H48O2/c1-19(9-12-25-27(4,5)32-25)20-13-17-29(7)21(20)10-11-23-28(6)16-15-24(31)26(2,3)22(28)14-18-30(23,29)8/h20-23,25H,1,9-18H2,2-8H3/t20-,21-,22+,23-,25+,28+,29-,30-/m0/s1. The Bertz CT molecular complexity index is 823. The first kappa shape index (κ1) is 23.1. The molecule has 5 fully saturated rings. The molecule has 0 N–H and O–H groups in total. The molecule has 0 aromatic carbocycles. The summed E-state index contributed by atoms with van der Waals surface area (Å²) in [5.41, 5.74) is 2.60. The van der Waals surface area contributed by atoms with Crippen LogP contribution in [-0.4, -0.2) is 17.5 Å². The molecule has 1 aliphatic heterocycles. The lowest BCUT2D eigenvalue weighted by Crippen LogP contribution is -2.63. The number of ether oxygens (including phenoxy) is 1. The largest absolute Gasteiger partial charge is 0.367 e. The Morgan fingerprint density at radius 2 is 1.56 bits per heavy atom. The van der Waals surface area contributed by atoms with Crippen molar-refractivity contribution in [3.8, 4) is 0 Å². The molecule has 2 nitrogen and oxygen atoms in total. The van der Waals surface area contributed by atoms with Crippen LogP contribution in [-0.2, 0) is 9.53 Å². The molecule has 0 amide bonds. The molecule has 0 aromatic rings. The van der Waals surface area contributed by atoms with E-state index in [-0.39, 0.29) is 11.0 Å². The van der Waals surface area contributed by atoms with Gasteiger partial charge >= 0.3 is 0 Å². The Labute approximate surface area is 197 Å². The molecular formula is C30H48O2. The summed E-state index contributed by atoms with van der Waals surface area (Å²) < 4.78 is 5.85. The van der Waals surface area contributed by atoms with E-state index in [1.165, 1.54) is 44.1 Å². The molecule has 32 heavy (non-hydrogen) atoms. The average molecular weight is 441 g/mol. The van der Waals surface area contributed by atoms with E-state index in [0.717, 1.165) is 37.5 Å². The van der Waals surface area contributed by atoms with Crippen molar-refractivity contribution in [3.63, 3.8) is 0 Å². The van der Waals surface area contributed by atoms with Gasteiger partial charge in [0, 0.05) is 11.8 Å². The van der Waals surface area contributed by atoms with Gasteiger partial charge in [-0.15, -0.1) is 0 Å². The van der Waals surface area contributed by atoms with E-state index in [4.69, 9.17) is 4.74 Å². The summed E-state index contributed by atoms with van der Waals surface area (Å²) in [5, 5.41) is 0. The SMILES string of the molecule is C=C(CC[C@H]1OC1(C)C)[C@@H]1CC[C@@]2(C)[C@H]1CC[C@H]1[C@]3(C)CCC(=O)C(C)(C)[C@H]3CC[C@@]12C. The number of allylic oxidation sites excluding steroid dienone is 1. The van der Waals surface area contributed by atoms with E-state index in [9.17, 15) is 4.79 Å². The van der Waals surface area contributed by atoms with Crippen molar-refractivity contribution in [2.75, 3.05) is 0 Å². The number of carbonyl (C=O) groups excluding carboxylic acids is 1. The second kappa shape index (κ2) is 6.96. The maximum absolute atomic E-state index is 12.9. The van der Waals surface area contributed by atoms with E-state index < -0.39 is 0 Å². The summed E-state index contributed by atoms with van der Waals surface area (Å²) in [7, 11) is 0. The minimum Gasteiger partial charge on any atom is -0.367 e. The fourth-order valence-electron chi connectivity index (χ4n) is 10.3. The molecular weight excluding hydrogens is 392 g/mol. The summed E-state index contributed by atoms with van der Waals surface area (Å²) in [6.07, 6.45) is 12.6. The molecule has 8 atom stereocenters. The summed E-state index contributed by atoms with van der Waals surface area (Å²) in [4.78, 5) is 12.9. The van der Waals surface area contributed by atoms with Crippen molar-refractivity contribution in [1.29, 1.82) is 0 Å². The van der Waals surface area contributed by atoms with Crippen LogP contribution in [0.15, 0.2) is 12.2 Å². The van der Waals surface area contributed by atoms with Crippen LogP contribution in [0, 0.1) is 45.3 Å². The van der Waals surface area contributed by atoms with Gasteiger partial charge in [0.05, 0.1) is 11.7 Å². The van der Waals surface area contributed by atoms with Gasteiger partial charge in [-0.2, -0.15) is 0 Å². The lowest BCUT2D eigenvalue weighted by Gasteiger charge is -2.69. The molecule has 0 spiro atoms. The number of rotatable bonds is 4. The van der Waals surface area contributed by atoms with Gasteiger partial charge < -0.3 is 4.74 Å². The minimum atomic E-state index is -0.142. The number of Topliss-reactive ketones (excluding diaryl/α,β-unsaturated/α-hetero) is 1. The van der Waals surface area contributed by atoms with Crippen LogP contribution in [0.2, 0.25) is 0 Å². The Morgan fingerprint density at radius 1 is 0.906 bits per heavy atom. The fraction of sp³-hybridized carbons (Fsp3) is 0.900. The van der Waals surface area contributed by atoms with Crippen LogP contribution < -0.4 is 0 Å². The van der Waals surface area contributed by atoms with Crippen molar-refractivity contribution in [2.45, 2.75) is 124 Å². The monoisotopic (exact) mass is 440 g/mol. The zero-order chi connectivity index (χ0) is 23.3. The van der Waals surface area contributed by atoms with Crippen molar-refractivity contribution in [1.82, 2.24) is 0 Å². The highest BCUT2D eigenvalue weighted by molar-refractivity contribution is 5.85. The molecule has 0 unspecified atom stereocenters. The van der Waals surface area contributed by atoms with Crippen LogP contribution in [0.5, 0.6) is 0 Å². The van der Waals surface area contributed by atoms with Gasteiger partial charge in [-0.3, -0.25) is 4.79 Å². The van der Waals surface area contributed by atoms with Gasteiger partial charge in [0.1, 0.15) is 5.78 Å². The summed E-state index contributed by atoms with van der Waals surface area (Å²) in [6, 6.07) is 0. The second-order valence-electron chi connectivity index (χ2n) is 14.4. The Balaban J connectivity index is 1.37. The van der Waals surface area contributed by atoms with E-state index in [2.05, 4.69) is 55.0 Å². The molecule has 5 rings (SSSR count). The molecule has 1 saturated heterocycles. The molecule has 5 aliphatic rings.